The second kappa shape index (κ2) is 11.0. The van der Waals surface area contributed by atoms with Gasteiger partial charge in [-0.3, -0.25) is 4.99 Å². The van der Waals surface area contributed by atoms with Crippen molar-refractivity contribution in [2.75, 3.05) is 65.5 Å². The molecule has 1 atom stereocenters. The van der Waals surface area contributed by atoms with Gasteiger partial charge in [0.05, 0.1) is 12.1 Å². The Hall–Kier alpha value is -0.850. The van der Waals surface area contributed by atoms with Crippen LogP contribution in [-0.2, 0) is 4.74 Å². The van der Waals surface area contributed by atoms with E-state index in [-0.39, 0.29) is 5.60 Å². The number of ether oxygens (including phenoxy) is 1. The standard InChI is InChI=1S/C19H39N5O/c1-4-20-18(22-17-19(3)9-8-16-25-19)21-10-6-7-11-24-14-12-23(5-2)13-15-24/h4-17H2,1-3H3,(H2,20,21,22). The fraction of sp³-hybridized carbons (Fsp3) is 0.947. The number of likely N-dealkylation sites (N-methyl/N-ethyl adjacent to an activating group) is 1. The number of nitrogens with zero attached hydrogens (tertiary/aromatic N) is 3. The minimum atomic E-state index is -0.0665. The normalized spacial score (nSPS) is 26.1. The van der Waals surface area contributed by atoms with E-state index in [9.17, 15) is 0 Å². The van der Waals surface area contributed by atoms with Crippen molar-refractivity contribution in [1.82, 2.24) is 20.4 Å². The highest BCUT2D eigenvalue weighted by atomic mass is 16.5. The van der Waals surface area contributed by atoms with E-state index in [4.69, 9.17) is 9.73 Å². The lowest BCUT2D eigenvalue weighted by atomic mass is 10.0. The second-order valence-corrected chi connectivity index (χ2v) is 7.51. The SMILES string of the molecule is CCNC(=NCC1(C)CCCO1)NCCCCN1CCN(CC)CC1. The smallest absolute Gasteiger partial charge is 0.191 e. The quantitative estimate of drug-likeness (QED) is 0.374. The molecule has 0 bridgehead atoms. The molecule has 1 unspecified atom stereocenters. The third-order valence-electron chi connectivity index (χ3n) is 5.32. The molecule has 0 aromatic rings. The molecule has 2 N–H and O–H groups in total. The van der Waals surface area contributed by atoms with Crippen LogP contribution >= 0.6 is 0 Å². The van der Waals surface area contributed by atoms with Gasteiger partial charge in [0, 0.05) is 45.9 Å². The van der Waals surface area contributed by atoms with Crippen LogP contribution in [0.3, 0.4) is 0 Å². The van der Waals surface area contributed by atoms with Gasteiger partial charge in [0.25, 0.3) is 0 Å². The summed E-state index contributed by atoms with van der Waals surface area (Å²) in [6.45, 7) is 17.4. The summed E-state index contributed by atoms with van der Waals surface area (Å²) in [5.41, 5.74) is -0.0665. The molecule has 2 heterocycles. The molecule has 2 saturated heterocycles. The third-order valence-corrected chi connectivity index (χ3v) is 5.32. The van der Waals surface area contributed by atoms with Gasteiger partial charge >= 0.3 is 0 Å². The van der Waals surface area contributed by atoms with E-state index in [2.05, 4.69) is 41.2 Å². The molecule has 0 radical (unpaired) electrons. The lowest BCUT2D eigenvalue weighted by Crippen LogP contribution is -2.46. The Morgan fingerprint density at radius 2 is 1.84 bits per heavy atom. The predicted molar refractivity (Wildman–Crippen MR) is 105 cm³/mol. The molecule has 2 aliphatic rings. The molecule has 0 aromatic carbocycles. The highest BCUT2D eigenvalue weighted by Crippen LogP contribution is 2.24. The topological polar surface area (TPSA) is 52.1 Å². The summed E-state index contributed by atoms with van der Waals surface area (Å²) >= 11 is 0. The zero-order valence-electron chi connectivity index (χ0n) is 16.6. The Morgan fingerprint density at radius 1 is 1.08 bits per heavy atom. The molecule has 0 aliphatic carbocycles. The van der Waals surface area contributed by atoms with Gasteiger partial charge in [0.2, 0.25) is 0 Å². The third kappa shape index (κ3) is 7.50. The van der Waals surface area contributed by atoms with E-state index in [1.54, 1.807) is 0 Å². The van der Waals surface area contributed by atoms with Crippen LogP contribution < -0.4 is 10.6 Å². The highest BCUT2D eigenvalue weighted by Gasteiger charge is 2.29. The van der Waals surface area contributed by atoms with Crippen molar-refractivity contribution in [2.45, 2.75) is 52.1 Å². The van der Waals surface area contributed by atoms with Crippen LogP contribution in [0.1, 0.15) is 46.5 Å². The molecule has 2 fully saturated rings. The summed E-state index contributed by atoms with van der Waals surface area (Å²) in [5.74, 6) is 0.927. The number of hydrogen-bond acceptors (Lipinski definition) is 4. The van der Waals surface area contributed by atoms with Crippen LogP contribution in [0.5, 0.6) is 0 Å². The first-order valence-electron chi connectivity index (χ1n) is 10.3. The highest BCUT2D eigenvalue weighted by molar-refractivity contribution is 5.79. The fourth-order valence-electron chi connectivity index (χ4n) is 3.55. The Morgan fingerprint density at radius 3 is 2.48 bits per heavy atom. The summed E-state index contributed by atoms with van der Waals surface area (Å²) in [4.78, 5) is 9.86. The maximum Gasteiger partial charge on any atom is 0.191 e. The van der Waals surface area contributed by atoms with Crippen LogP contribution in [0, 0.1) is 0 Å². The van der Waals surface area contributed by atoms with Gasteiger partial charge in [-0.25, -0.2) is 0 Å². The molecular weight excluding hydrogens is 314 g/mol. The van der Waals surface area contributed by atoms with Crippen molar-refractivity contribution in [1.29, 1.82) is 0 Å². The first kappa shape index (κ1) is 20.5. The lowest BCUT2D eigenvalue weighted by Gasteiger charge is -2.34. The van der Waals surface area contributed by atoms with Gasteiger partial charge in [-0.2, -0.15) is 0 Å². The van der Waals surface area contributed by atoms with Crippen molar-refractivity contribution in [3.63, 3.8) is 0 Å². The molecule has 6 heteroatoms. The lowest BCUT2D eigenvalue weighted by molar-refractivity contribution is 0.0283. The summed E-state index contributed by atoms with van der Waals surface area (Å²) in [6, 6.07) is 0. The van der Waals surface area contributed by atoms with Crippen molar-refractivity contribution in [3.8, 4) is 0 Å². The summed E-state index contributed by atoms with van der Waals surface area (Å²) in [6.07, 6.45) is 4.70. The maximum atomic E-state index is 5.82. The largest absolute Gasteiger partial charge is 0.373 e. The predicted octanol–water partition coefficient (Wildman–Crippen LogP) is 1.53. The first-order valence-corrected chi connectivity index (χ1v) is 10.3. The number of rotatable bonds is 9. The molecule has 0 amide bonds. The molecule has 0 saturated carbocycles. The van der Waals surface area contributed by atoms with Crippen molar-refractivity contribution in [2.24, 2.45) is 4.99 Å². The van der Waals surface area contributed by atoms with Gasteiger partial charge in [0.15, 0.2) is 5.96 Å². The second-order valence-electron chi connectivity index (χ2n) is 7.51. The minimum Gasteiger partial charge on any atom is -0.373 e. The molecule has 2 rings (SSSR count). The molecule has 0 aromatic heterocycles. The van der Waals surface area contributed by atoms with E-state index >= 15 is 0 Å². The van der Waals surface area contributed by atoms with Crippen LogP contribution in [0.4, 0.5) is 0 Å². The van der Waals surface area contributed by atoms with Crippen molar-refractivity contribution < 1.29 is 4.74 Å². The maximum absolute atomic E-state index is 5.82. The van der Waals surface area contributed by atoms with Gasteiger partial charge in [-0.15, -0.1) is 0 Å². The monoisotopic (exact) mass is 353 g/mol. The van der Waals surface area contributed by atoms with Crippen molar-refractivity contribution >= 4 is 5.96 Å². The zero-order chi connectivity index (χ0) is 18.0. The number of guanidine groups is 1. The molecule has 6 nitrogen and oxygen atoms in total. The summed E-state index contributed by atoms with van der Waals surface area (Å²) < 4.78 is 5.82. The molecule has 0 spiro atoms. The summed E-state index contributed by atoms with van der Waals surface area (Å²) in [5, 5.41) is 6.82. The number of nitrogens with one attached hydrogen (secondary N) is 2. The molecular formula is C19H39N5O. The average molecular weight is 354 g/mol. The van der Waals surface area contributed by atoms with Gasteiger partial charge in [-0.05, 0) is 52.6 Å². The summed E-state index contributed by atoms with van der Waals surface area (Å²) in [7, 11) is 0. The van der Waals surface area contributed by atoms with Gasteiger partial charge < -0.3 is 25.2 Å². The van der Waals surface area contributed by atoms with Crippen LogP contribution in [0.2, 0.25) is 0 Å². The Bertz CT molecular complexity index is 387. The van der Waals surface area contributed by atoms with Crippen LogP contribution in [0.15, 0.2) is 4.99 Å². The number of aliphatic imine (C=N–C) groups is 1. The van der Waals surface area contributed by atoms with E-state index in [1.807, 2.05) is 0 Å². The molecule has 146 valence electrons. The zero-order valence-corrected chi connectivity index (χ0v) is 16.6. The van der Waals surface area contributed by atoms with E-state index in [0.29, 0.717) is 0 Å². The van der Waals surface area contributed by atoms with Crippen LogP contribution in [-0.4, -0.2) is 86.9 Å². The Kier molecular flexibility index (Phi) is 8.99. The Balaban J connectivity index is 1.59. The van der Waals surface area contributed by atoms with Gasteiger partial charge in [0.1, 0.15) is 0 Å². The van der Waals surface area contributed by atoms with Crippen LogP contribution in [0.25, 0.3) is 0 Å². The van der Waals surface area contributed by atoms with E-state index in [0.717, 1.165) is 45.0 Å². The van der Waals surface area contributed by atoms with Gasteiger partial charge in [-0.1, -0.05) is 6.92 Å². The van der Waals surface area contributed by atoms with E-state index < -0.39 is 0 Å². The first-order chi connectivity index (χ1) is 12.1. The fourth-order valence-corrected chi connectivity index (χ4v) is 3.55. The Labute approximate surface area is 154 Å². The number of piperazine rings is 1. The average Bonchev–Trinajstić information content (AvgIpc) is 3.07. The number of hydrogen-bond donors (Lipinski definition) is 2. The molecule has 2 aliphatic heterocycles. The minimum absolute atomic E-state index is 0.0665. The number of unbranched alkanes of at least 4 members (excludes halogenated alkanes) is 1. The molecule has 25 heavy (non-hydrogen) atoms. The van der Waals surface area contributed by atoms with Crippen molar-refractivity contribution in [3.05, 3.63) is 0 Å². The van der Waals surface area contributed by atoms with E-state index in [1.165, 1.54) is 52.1 Å².